The lowest BCUT2D eigenvalue weighted by Gasteiger charge is -2.24. The molecule has 0 fully saturated rings. The highest BCUT2D eigenvalue weighted by Gasteiger charge is 2.22. The summed E-state index contributed by atoms with van der Waals surface area (Å²) in [6.07, 6.45) is 5.70. The minimum Gasteiger partial charge on any atom is -0.344 e. The van der Waals surface area contributed by atoms with E-state index in [1.165, 1.54) is 28.8 Å². The Labute approximate surface area is 115 Å². The highest BCUT2D eigenvalue weighted by atomic mass is 15.0. The molecule has 1 aliphatic carbocycles. The molecule has 2 N–H and O–H groups in total. The first-order chi connectivity index (χ1) is 9.16. The van der Waals surface area contributed by atoms with Crippen LogP contribution in [0.25, 0.3) is 0 Å². The van der Waals surface area contributed by atoms with Crippen molar-refractivity contribution in [3.63, 3.8) is 0 Å². The van der Waals surface area contributed by atoms with E-state index in [-0.39, 0.29) is 6.04 Å². The lowest BCUT2D eigenvalue weighted by molar-refractivity contribution is 0.525. The molecule has 0 saturated carbocycles. The number of benzene rings is 1. The molecule has 2 atom stereocenters. The molecule has 0 spiro atoms. The molecule has 0 radical (unpaired) electrons. The van der Waals surface area contributed by atoms with Gasteiger partial charge in [-0.1, -0.05) is 29.8 Å². The fourth-order valence-electron chi connectivity index (χ4n) is 3.12. The van der Waals surface area contributed by atoms with Gasteiger partial charge in [0.1, 0.15) is 0 Å². The zero-order valence-electron chi connectivity index (χ0n) is 11.8. The molecule has 0 saturated heterocycles. The molecule has 100 valence electrons. The van der Waals surface area contributed by atoms with Crippen LogP contribution in [0.5, 0.6) is 0 Å². The van der Waals surface area contributed by atoms with Gasteiger partial charge in [-0.3, -0.25) is 0 Å². The van der Waals surface area contributed by atoms with Crippen LogP contribution in [0.2, 0.25) is 0 Å². The highest BCUT2D eigenvalue weighted by molar-refractivity contribution is 5.32. The van der Waals surface area contributed by atoms with Gasteiger partial charge in [0.15, 0.2) is 0 Å². The predicted molar refractivity (Wildman–Crippen MR) is 79.3 cm³/mol. The van der Waals surface area contributed by atoms with Crippen molar-refractivity contribution in [1.29, 1.82) is 0 Å². The van der Waals surface area contributed by atoms with Crippen LogP contribution < -0.4 is 5.73 Å². The molecular formula is C17H22N2. The first-order valence-electron chi connectivity index (χ1n) is 7.18. The Morgan fingerprint density at radius 3 is 2.68 bits per heavy atom. The van der Waals surface area contributed by atoms with E-state index in [1.54, 1.807) is 0 Å². The standard InChI is InChI=1S/C17H22N2/c1-12-6-8-14(9-7-12)13(2)19-11-10-15-16(18)4-3-5-17(15)19/h6-11,13,16H,3-5,18H2,1-2H3. The molecule has 0 aliphatic heterocycles. The van der Waals surface area contributed by atoms with Crippen LogP contribution in [0.4, 0.5) is 0 Å². The largest absolute Gasteiger partial charge is 0.344 e. The molecule has 2 aromatic rings. The van der Waals surface area contributed by atoms with Gasteiger partial charge in [0.2, 0.25) is 0 Å². The van der Waals surface area contributed by atoms with Crippen molar-refractivity contribution < 1.29 is 0 Å². The summed E-state index contributed by atoms with van der Waals surface area (Å²) >= 11 is 0. The Morgan fingerprint density at radius 2 is 1.95 bits per heavy atom. The Balaban J connectivity index is 1.96. The lowest BCUT2D eigenvalue weighted by atomic mass is 9.93. The quantitative estimate of drug-likeness (QED) is 0.869. The predicted octanol–water partition coefficient (Wildman–Crippen LogP) is 3.74. The van der Waals surface area contributed by atoms with E-state index in [2.05, 4.69) is 54.9 Å². The summed E-state index contributed by atoms with van der Waals surface area (Å²) in [5, 5.41) is 0. The SMILES string of the molecule is Cc1ccc(C(C)n2ccc3c2CCCC3N)cc1. The summed E-state index contributed by atoms with van der Waals surface area (Å²) in [5.74, 6) is 0. The van der Waals surface area contributed by atoms with Crippen molar-refractivity contribution in [3.8, 4) is 0 Å². The van der Waals surface area contributed by atoms with Gasteiger partial charge in [-0.05, 0) is 50.3 Å². The molecule has 1 heterocycles. The summed E-state index contributed by atoms with van der Waals surface area (Å²) < 4.78 is 2.40. The molecule has 2 nitrogen and oxygen atoms in total. The first-order valence-corrected chi connectivity index (χ1v) is 7.18. The number of hydrogen-bond donors (Lipinski definition) is 1. The monoisotopic (exact) mass is 254 g/mol. The first kappa shape index (κ1) is 12.5. The van der Waals surface area contributed by atoms with Crippen LogP contribution in [0.15, 0.2) is 36.5 Å². The molecule has 3 rings (SSSR count). The summed E-state index contributed by atoms with van der Waals surface area (Å²) in [7, 11) is 0. The van der Waals surface area contributed by atoms with Gasteiger partial charge in [0, 0.05) is 17.9 Å². The third-order valence-corrected chi connectivity index (χ3v) is 4.36. The fraction of sp³-hybridized carbons (Fsp3) is 0.412. The third kappa shape index (κ3) is 2.21. The van der Waals surface area contributed by atoms with E-state index in [4.69, 9.17) is 5.73 Å². The van der Waals surface area contributed by atoms with E-state index in [0.29, 0.717) is 6.04 Å². The van der Waals surface area contributed by atoms with Gasteiger partial charge in [-0.25, -0.2) is 0 Å². The minimum absolute atomic E-state index is 0.232. The van der Waals surface area contributed by atoms with E-state index in [1.807, 2.05) is 0 Å². The van der Waals surface area contributed by atoms with Crippen molar-refractivity contribution in [2.24, 2.45) is 5.73 Å². The van der Waals surface area contributed by atoms with Crippen LogP contribution in [0.1, 0.15) is 54.2 Å². The molecule has 1 aromatic carbocycles. The van der Waals surface area contributed by atoms with Crippen LogP contribution in [-0.4, -0.2) is 4.57 Å². The second kappa shape index (κ2) is 4.86. The second-order valence-electron chi connectivity index (χ2n) is 5.71. The van der Waals surface area contributed by atoms with Gasteiger partial charge in [0.05, 0.1) is 6.04 Å². The molecule has 1 aliphatic rings. The fourth-order valence-corrected chi connectivity index (χ4v) is 3.12. The number of hydrogen-bond acceptors (Lipinski definition) is 1. The van der Waals surface area contributed by atoms with Crippen molar-refractivity contribution in [3.05, 3.63) is 58.9 Å². The van der Waals surface area contributed by atoms with Gasteiger partial charge in [-0.2, -0.15) is 0 Å². The van der Waals surface area contributed by atoms with Crippen LogP contribution in [0.3, 0.4) is 0 Å². The van der Waals surface area contributed by atoms with Gasteiger partial charge in [-0.15, -0.1) is 0 Å². The summed E-state index contributed by atoms with van der Waals surface area (Å²) in [5.41, 5.74) is 11.7. The Kier molecular flexibility index (Phi) is 3.19. The number of aromatic nitrogens is 1. The molecular weight excluding hydrogens is 232 g/mol. The van der Waals surface area contributed by atoms with Crippen LogP contribution in [0, 0.1) is 6.92 Å². The van der Waals surface area contributed by atoms with E-state index in [9.17, 15) is 0 Å². The van der Waals surface area contributed by atoms with E-state index in [0.717, 1.165) is 12.8 Å². The molecule has 0 amide bonds. The summed E-state index contributed by atoms with van der Waals surface area (Å²) in [6, 6.07) is 11.7. The van der Waals surface area contributed by atoms with E-state index >= 15 is 0 Å². The average molecular weight is 254 g/mol. The van der Waals surface area contributed by atoms with Crippen molar-refractivity contribution in [2.45, 2.75) is 45.2 Å². The number of nitrogens with zero attached hydrogens (tertiary/aromatic N) is 1. The Morgan fingerprint density at radius 1 is 1.21 bits per heavy atom. The summed E-state index contributed by atoms with van der Waals surface area (Å²) in [6.45, 7) is 4.40. The normalized spacial score (nSPS) is 20.1. The Bertz CT molecular complexity index is 565. The smallest absolute Gasteiger partial charge is 0.0554 e. The number of aryl methyl sites for hydroxylation is 1. The van der Waals surface area contributed by atoms with Crippen LogP contribution in [-0.2, 0) is 6.42 Å². The number of nitrogens with two attached hydrogens (primary N) is 1. The number of rotatable bonds is 2. The highest BCUT2D eigenvalue weighted by Crippen LogP contribution is 2.32. The molecule has 2 heteroatoms. The topological polar surface area (TPSA) is 30.9 Å². The summed E-state index contributed by atoms with van der Waals surface area (Å²) in [4.78, 5) is 0. The molecule has 19 heavy (non-hydrogen) atoms. The van der Waals surface area contributed by atoms with Gasteiger partial charge >= 0.3 is 0 Å². The molecule has 0 bridgehead atoms. The maximum Gasteiger partial charge on any atom is 0.0554 e. The van der Waals surface area contributed by atoms with Gasteiger partial charge in [0.25, 0.3) is 0 Å². The lowest BCUT2D eigenvalue weighted by Crippen LogP contribution is -2.19. The zero-order valence-corrected chi connectivity index (χ0v) is 11.8. The molecule has 1 aromatic heterocycles. The maximum atomic E-state index is 6.21. The number of fused-ring (bicyclic) bond motifs is 1. The van der Waals surface area contributed by atoms with Crippen LogP contribution >= 0.6 is 0 Å². The maximum absolute atomic E-state index is 6.21. The van der Waals surface area contributed by atoms with Crippen molar-refractivity contribution in [2.75, 3.05) is 0 Å². The molecule has 2 unspecified atom stereocenters. The van der Waals surface area contributed by atoms with Gasteiger partial charge < -0.3 is 10.3 Å². The third-order valence-electron chi connectivity index (χ3n) is 4.36. The van der Waals surface area contributed by atoms with E-state index < -0.39 is 0 Å². The second-order valence-corrected chi connectivity index (χ2v) is 5.71. The average Bonchev–Trinajstić information content (AvgIpc) is 2.84. The van der Waals surface area contributed by atoms with Crippen molar-refractivity contribution in [1.82, 2.24) is 4.57 Å². The zero-order chi connectivity index (χ0) is 13.4. The van der Waals surface area contributed by atoms with Crippen molar-refractivity contribution >= 4 is 0 Å². The minimum atomic E-state index is 0.232. The Hall–Kier alpha value is -1.54.